The smallest absolute Gasteiger partial charge is 0.237 e. The van der Waals surface area contributed by atoms with Crippen molar-refractivity contribution in [1.82, 2.24) is 15.1 Å². The fourth-order valence-electron chi connectivity index (χ4n) is 3.41. The highest BCUT2D eigenvalue weighted by Crippen LogP contribution is 2.23. The Morgan fingerprint density at radius 1 is 1.35 bits per heavy atom. The van der Waals surface area contributed by atoms with Crippen LogP contribution in [0.2, 0.25) is 0 Å². The van der Waals surface area contributed by atoms with Crippen LogP contribution < -0.4 is 5.32 Å². The molecule has 0 bridgehead atoms. The van der Waals surface area contributed by atoms with Crippen LogP contribution in [-0.2, 0) is 4.79 Å². The molecule has 1 aromatic carbocycles. The summed E-state index contributed by atoms with van der Waals surface area (Å²) in [6, 6.07) is 7.07. The predicted octanol–water partition coefficient (Wildman–Crippen LogP) is 2.42. The molecule has 1 aliphatic heterocycles. The normalized spacial score (nSPS) is 19.3. The zero-order chi connectivity index (χ0) is 17.0. The molecule has 128 valence electrons. The van der Waals surface area contributed by atoms with Crippen LogP contribution in [0.3, 0.4) is 0 Å². The summed E-state index contributed by atoms with van der Waals surface area (Å²) in [5.74, 6) is -0.0939. The van der Waals surface area contributed by atoms with E-state index in [9.17, 15) is 9.18 Å². The number of nitrogens with one attached hydrogen (secondary N) is 1. The summed E-state index contributed by atoms with van der Waals surface area (Å²) >= 11 is 0. The van der Waals surface area contributed by atoms with Crippen molar-refractivity contribution in [2.45, 2.75) is 45.8 Å². The Morgan fingerprint density at radius 2 is 2.04 bits per heavy atom. The fraction of sp³-hybridized carbons (Fsp3) is 0.611. The van der Waals surface area contributed by atoms with Gasteiger partial charge in [0.2, 0.25) is 5.91 Å². The van der Waals surface area contributed by atoms with E-state index in [1.807, 2.05) is 38.7 Å². The van der Waals surface area contributed by atoms with Gasteiger partial charge in [-0.15, -0.1) is 0 Å². The average molecular weight is 321 g/mol. The molecule has 1 aromatic rings. The monoisotopic (exact) mass is 321 g/mol. The largest absolute Gasteiger partial charge is 0.337 e. The molecule has 1 amide bonds. The minimum Gasteiger partial charge on any atom is -0.337 e. The van der Waals surface area contributed by atoms with E-state index in [2.05, 4.69) is 10.2 Å². The first-order valence-corrected chi connectivity index (χ1v) is 8.41. The fourth-order valence-corrected chi connectivity index (χ4v) is 3.41. The van der Waals surface area contributed by atoms with E-state index in [-0.39, 0.29) is 29.8 Å². The predicted molar refractivity (Wildman–Crippen MR) is 90.7 cm³/mol. The first kappa shape index (κ1) is 17.9. The summed E-state index contributed by atoms with van der Waals surface area (Å²) in [7, 11) is 0. The SMILES string of the molecule is CC(C)N(C(=O)CN1CCNCC1c1cccc(F)c1)C(C)C. The van der Waals surface area contributed by atoms with Crippen molar-refractivity contribution in [1.29, 1.82) is 0 Å². The van der Waals surface area contributed by atoms with Gasteiger partial charge in [0, 0.05) is 37.8 Å². The van der Waals surface area contributed by atoms with Crippen molar-refractivity contribution < 1.29 is 9.18 Å². The molecular formula is C18H28FN3O. The molecule has 1 fully saturated rings. The summed E-state index contributed by atoms with van der Waals surface area (Å²) in [6.45, 7) is 10.9. The van der Waals surface area contributed by atoms with Crippen LogP contribution in [-0.4, -0.2) is 54.0 Å². The molecular weight excluding hydrogens is 293 g/mol. The molecule has 0 aliphatic carbocycles. The lowest BCUT2D eigenvalue weighted by Crippen LogP contribution is -2.52. The molecule has 0 aromatic heterocycles. The maximum absolute atomic E-state index is 13.5. The van der Waals surface area contributed by atoms with Gasteiger partial charge >= 0.3 is 0 Å². The lowest BCUT2D eigenvalue weighted by atomic mass is 10.0. The second-order valence-corrected chi connectivity index (χ2v) is 6.73. The highest BCUT2D eigenvalue weighted by Gasteiger charge is 2.29. The van der Waals surface area contributed by atoms with Crippen molar-refractivity contribution >= 4 is 5.91 Å². The van der Waals surface area contributed by atoms with Gasteiger partial charge in [0.1, 0.15) is 5.82 Å². The third kappa shape index (κ3) is 4.52. The standard InChI is InChI=1S/C18H28FN3O/c1-13(2)22(14(3)4)18(23)12-21-9-8-20-11-17(21)15-6-5-7-16(19)10-15/h5-7,10,13-14,17,20H,8-9,11-12H2,1-4H3. The molecule has 0 saturated carbocycles. The molecule has 23 heavy (non-hydrogen) atoms. The Kier molecular flexibility index (Phi) is 6.13. The average Bonchev–Trinajstić information content (AvgIpc) is 2.46. The number of amides is 1. The molecule has 1 N–H and O–H groups in total. The van der Waals surface area contributed by atoms with Crippen LogP contribution in [0, 0.1) is 5.82 Å². The van der Waals surface area contributed by atoms with Crippen molar-refractivity contribution in [3.63, 3.8) is 0 Å². The number of rotatable bonds is 5. The molecule has 1 atom stereocenters. The molecule has 1 heterocycles. The highest BCUT2D eigenvalue weighted by molar-refractivity contribution is 5.79. The van der Waals surface area contributed by atoms with Gasteiger partial charge in [0.15, 0.2) is 0 Å². The lowest BCUT2D eigenvalue weighted by Gasteiger charge is -2.39. The second kappa shape index (κ2) is 7.88. The van der Waals surface area contributed by atoms with Gasteiger partial charge < -0.3 is 10.2 Å². The zero-order valence-electron chi connectivity index (χ0n) is 14.6. The van der Waals surface area contributed by atoms with Crippen LogP contribution in [0.4, 0.5) is 4.39 Å². The summed E-state index contributed by atoms with van der Waals surface area (Å²) in [5.41, 5.74) is 0.922. The molecule has 1 saturated heterocycles. The molecule has 0 radical (unpaired) electrons. The van der Waals surface area contributed by atoms with Gasteiger partial charge in [0.25, 0.3) is 0 Å². The second-order valence-electron chi connectivity index (χ2n) is 6.73. The zero-order valence-corrected chi connectivity index (χ0v) is 14.6. The summed E-state index contributed by atoms with van der Waals surface area (Å²) in [6.07, 6.45) is 0. The Morgan fingerprint density at radius 3 is 2.65 bits per heavy atom. The number of carbonyl (C=O) groups excluding carboxylic acids is 1. The Labute approximate surface area is 138 Å². The minimum absolute atomic E-state index is 0.0320. The number of hydrogen-bond acceptors (Lipinski definition) is 3. The Balaban J connectivity index is 2.14. The first-order valence-electron chi connectivity index (χ1n) is 8.41. The van der Waals surface area contributed by atoms with Crippen LogP contribution in [0.15, 0.2) is 24.3 Å². The summed E-state index contributed by atoms with van der Waals surface area (Å²) in [5, 5.41) is 3.34. The van der Waals surface area contributed by atoms with Crippen LogP contribution in [0.5, 0.6) is 0 Å². The summed E-state index contributed by atoms with van der Waals surface area (Å²) in [4.78, 5) is 16.8. The maximum atomic E-state index is 13.5. The third-order valence-corrected chi connectivity index (χ3v) is 4.33. The van der Waals surface area contributed by atoms with E-state index >= 15 is 0 Å². The van der Waals surface area contributed by atoms with Crippen molar-refractivity contribution in [2.75, 3.05) is 26.2 Å². The topological polar surface area (TPSA) is 35.6 Å². The van der Waals surface area contributed by atoms with Crippen LogP contribution >= 0.6 is 0 Å². The molecule has 0 spiro atoms. The van der Waals surface area contributed by atoms with E-state index in [4.69, 9.17) is 0 Å². The van der Waals surface area contributed by atoms with Crippen molar-refractivity contribution in [2.24, 2.45) is 0 Å². The van der Waals surface area contributed by atoms with Gasteiger partial charge in [-0.05, 0) is 45.4 Å². The van der Waals surface area contributed by atoms with Gasteiger partial charge in [-0.2, -0.15) is 0 Å². The molecule has 4 nitrogen and oxygen atoms in total. The molecule has 1 aliphatic rings. The Hall–Kier alpha value is -1.46. The molecule has 2 rings (SSSR count). The van der Waals surface area contributed by atoms with E-state index in [0.717, 1.165) is 25.2 Å². The lowest BCUT2D eigenvalue weighted by molar-refractivity contribution is -0.136. The number of benzene rings is 1. The third-order valence-electron chi connectivity index (χ3n) is 4.33. The number of hydrogen-bond donors (Lipinski definition) is 1. The van der Waals surface area contributed by atoms with Crippen molar-refractivity contribution in [3.8, 4) is 0 Å². The number of nitrogens with zero attached hydrogens (tertiary/aromatic N) is 2. The number of piperazine rings is 1. The Bertz CT molecular complexity index is 525. The molecule has 1 unspecified atom stereocenters. The van der Waals surface area contributed by atoms with Gasteiger partial charge in [-0.25, -0.2) is 4.39 Å². The van der Waals surface area contributed by atoms with E-state index < -0.39 is 0 Å². The maximum Gasteiger partial charge on any atom is 0.237 e. The van der Waals surface area contributed by atoms with E-state index in [1.165, 1.54) is 6.07 Å². The van der Waals surface area contributed by atoms with E-state index in [1.54, 1.807) is 12.1 Å². The van der Waals surface area contributed by atoms with Crippen LogP contribution in [0.25, 0.3) is 0 Å². The van der Waals surface area contributed by atoms with Crippen LogP contribution in [0.1, 0.15) is 39.3 Å². The first-order chi connectivity index (χ1) is 10.9. The van der Waals surface area contributed by atoms with Crippen molar-refractivity contribution in [3.05, 3.63) is 35.6 Å². The van der Waals surface area contributed by atoms with E-state index in [0.29, 0.717) is 6.54 Å². The number of carbonyl (C=O) groups is 1. The van der Waals surface area contributed by atoms with Gasteiger partial charge in [0.05, 0.1) is 6.54 Å². The summed E-state index contributed by atoms with van der Waals surface area (Å²) < 4.78 is 13.5. The minimum atomic E-state index is -0.231. The quantitative estimate of drug-likeness (QED) is 0.905. The highest BCUT2D eigenvalue weighted by atomic mass is 19.1. The number of halogens is 1. The van der Waals surface area contributed by atoms with Gasteiger partial charge in [-0.1, -0.05) is 12.1 Å². The van der Waals surface area contributed by atoms with Gasteiger partial charge in [-0.3, -0.25) is 9.69 Å². The molecule has 5 heteroatoms.